The van der Waals surface area contributed by atoms with E-state index in [1.165, 1.54) is 19.0 Å². The molecule has 2 heterocycles. The van der Waals surface area contributed by atoms with E-state index in [1.807, 2.05) is 6.07 Å². The first-order valence-electron chi connectivity index (χ1n) is 8.84. The van der Waals surface area contributed by atoms with Gasteiger partial charge in [-0.3, -0.25) is 4.98 Å². The molecule has 2 atom stereocenters. The predicted molar refractivity (Wildman–Crippen MR) is 99.0 cm³/mol. The van der Waals surface area contributed by atoms with Crippen LogP contribution in [0.1, 0.15) is 30.7 Å². The second-order valence-corrected chi connectivity index (χ2v) is 9.65. The first-order chi connectivity index (χ1) is 12.6. The minimum atomic E-state index is -3.57. The molecule has 0 amide bonds. The van der Waals surface area contributed by atoms with Crippen molar-refractivity contribution in [3.8, 4) is 0 Å². The topological polar surface area (TPSA) is 144 Å². The lowest BCUT2D eigenvalue weighted by atomic mass is 9.89. The summed E-state index contributed by atoms with van der Waals surface area (Å²) in [6, 6.07) is 1.99. The highest BCUT2D eigenvalue weighted by Gasteiger charge is 2.44. The van der Waals surface area contributed by atoms with Crippen molar-refractivity contribution in [1.82, 2.24) is 4.98 Å². The molecule has 1 saturated carbocycles. The average molecular weight is 396 g/mol. The molecule has 8 nitrogen and oxygen atoms in total. The molecule has 0 spiro atoms. The number of fused-ring (bicyclic) bond motifs is 1. The number of sulfone groups is 1. The molecular weight excluding hydrogens is 372 g/mol. The van der Waals surface area contributed by atoms with Crippen molar-refractivity contribution in [2.45, 2.75) is 43.7 Å². The molecule has 1 aliphatic carbocycles. The fourth-order valence-corrected chi connectivity index (χ4v) is 4.10. The Morgan fingerprint density at radius 3 is 2.78 bits per heavy atom. The van der Waals surface area contributed by atoms with Gasteiger partial charge in [-0.05, 0) is 24.5 Å². The predicted octanol–water partition coefficient (Wildman–Crippen LogP) is 0.901. The molecule has 27 heavy (non-hydrogen) atoms. The number of aryl methyl sites for hydroxylation is 1. The van der Waals surface area contributed by atoms with E-state index in [-0.39, 0.29) is 0 Å². The van der Waals surface area contributed by atoms with Crippen LogP contribution in [0, 0.1) is 5.92 Å². The number of nitrogens with two attached hydrogens (primary N) is 1. The molecule has 2 aromatic heterocycles. The van der Waals surface area contributed by atoms with Gasteiger partial charge in [-0.2, -0.15) is 0 Å². The second-order valence-electron chi connectivity index (χ2n) is 7.47. The van der Waals surface area contributed by atoms with Crippen LogP contribution in [-0.2, 0) is 27.5 Å². The third-order valence-corrected chi connectivity index (χ3v) is 5.94. The number of hydrogen-bond acceptors (Lipinski definition) is 7. The smallest absolute Gasteiger partial charge is 0.337 e. The van der Waals surface area contributed by atoms with Crippen molar-refractivity contribution in [2.24, 2.45) is 11.7 Å². The van der Waals surface area contributed by atoms with Crippen molar-refractivity contribution < 1.29 is 27.8 Å². The van der Waals surface area contributed by atoms with Gasteiger partial charge < -0.3 is 20.4 Å². The standard InChI is InChI=1S/C18H24N2O6S/c1-27(24,25)10-16(19)18(23,17(21)22)9-14-13-8-12(5-4-11-2-3-11)26-15(13)6-7-20-14/h6-8,11,16,23H,2-5,9-10,19H2,1H3,(H,21,22)/t16-,18+/m0/s1. The molecule has 3 rings (SSSR count). The SMILES string of the molecule is CS(=O)(=O)C[C@H](N)[C@](O)(Cc1nccc2oc(CCC3CC3)cc12)C(=O)O. The van der Waals surface area contributed by atoms with Crippen molar-refractivity contribution in [3.05, 3.63) is 29.8 Å². The van der Waals surface area contributed by atoms with E-state index >= 15 is 0 Å². The van der Waals surface area contributed by atoms with Gasteiger partial charge in [-0.15, -0.1) is 0 Å². The number of carboxylic acid groups (broad SMARTS) is 1. The zero-order chi connectivity index (χ0) is 19.8. The molecule has 0 saturated heterocycles. The van der Waals surface area contributed by atoms with Gasteiger partial charge in [-0.25, -0.2) is 13.2 Å². The quantitative estimate of drug-likeness (QED) is 0.567. The Balaban J connectivity index is 1.88. The lowest BCUT2D eigenvalue weighted by Gasteiger charge is -2.29. The Kier molecular flexibility index (Phi) is 5.29. The Morgan fingerprint density at radius 2 is 2.19 bits per heavy atom. The van der Waals surface area contributed by atoms with E-state index in [4.69, 9.17) is 10.2 Å². The number of rotatable bonds is 9. The number of aliphatic carboxylic acids is 1. The number of hydrogen-bond donors (Lipinski definition) is 3. The van der Waals surface area contributed by atoms with Gasteiger partial charge >= 0.3 is 5.97 Å². The highest BCUT2D eigenvalue weighted by Crippen LogP contribution is 2.34. The van der Waals surface area contributed by atoms with Crippen LogP contribution in [0.4, 0.5) is 0 Å². The molecular formula is C18H24N2O6S. The highest BCUT2D eigenvalue weighted by molar-refractivity contribution is 7.90. The summed E-state index contributed by atoms with van der Waals surface area (Å²) in [6.07, 6.45) is 6.31. The fraction of sp³-hybridized carbons (Fsp3) is 0.556. The van der Waals surface area contributed by atoms with Gasteiger partial charge in [0, 0.05) is 30.7 Å². The van der Waals surface area contributed by atoms with Gasteiger partial charge in [0.25, 0.3) is 0 Å². The van der Waals surface area contributed by atoms with E-state index in [1.54, 1.807) is 6.07 Å². The van der Waals surface area contributed by atoms with E-state index in [0.29, 0.717) is 16.7 Å². The molecule has 0 unspecified atom stereocenters. The number of furan rings is 1. The molecule has 0 aliphatic heterocycles. The molecule has 148 valence electrons. The largest absolute Gasteiger partial charge is 0.479 e. The molecule has 0 bridgehead atoms. The van der Waals surface area contributed by atoms with E-state index in [2.05, 4.69) is 4.98 Å². The first kappa shape index (κ1) is 19.8. The number of carbonyl (C=O) groups is 1. The molecule has 1 aliphatic rings. The lowest BCUT2D eigenvalue weighted by Crippen LogP contribution is -2.58. The summed E-state index contributed by atoms with van der Waals surface area (Å²) in [6.45, 7) is 0. The maximum Gasteiger partial charge on any atom is 0.337 e. The minimum absolute atomic E-state index is 0.308. The van der Waals surface area contributed by atoms with Crippen LogP contribution >= 0.6 is 0 Å². The zero-order valence-corrected chi connectivity index (χ0v) is 15.9. The van der Waals surface area contributed by atoms with Crippen LogP contribution in [0.2, 0.25) is 0 Å². The van der Waals surface area contributed by atoms with Crippen molar-refractivity contribution in [1.29, 1.82) is 0 Å². The van der Waals surface area contributed by atoms with E-state index in [0.717, 1.165) is 30.8 Å². The number of nitrogens with zero attached hydrogens (tertiary/aromatic N) is 1. The lowest BCUT2D eigenvalue weighted by molar-refractivity contribution is -0.160. The third kappa shape index (κ3) is 4.66. The summed E-state index contributed by atoms with van der Waals surface area (Å²) in [5, 5.41) is 20.8. The van der Waals surface area contributed by atoms with Gasteiger partial charge in [-0.1, -0.05) is 12.8 Å². The molecule has 4 N–H and O–H groups in total. The van der Waals surface area contributed by atoms with Crippen LogP contribution in [0.25, 0.3) is 11.0 Å². The summed E-state index contributed by atoms with van der Waals surface area (Å²) >= 11 is 0. The van der Waals surface area contributed by atoms with Crippen LogP contribution < -0.4 is 5.73 Å². The molecule has 0 aromatic carbocycles. The average Bonchev–Trinajstić information content (AvgIpc) is 3.29. The van der Waals surface area contributed by atoms with Crippen LogP contribution in [0.5, 0.6) is 0 Å². The van der Waals surface area contributed by atoms with Gasteiger partial charge in [0.1, 0.15) is 21.2 Å². The van der Waals surface area contributed by atoms with Crippen molar-refractivity contribution in [3.63, 3.8) is 0 Å². The summed E-state index contributed by atoms with van der Waals surface area (Å²) in [5.41, 5.74) is 4.16. The van der Waals surface area contributed by atoms with Gasteiger partial charge in [0.15, 0.2) is 5.60 Å². The van der Waals surface area contributed by atoms with Crippen molar-refractivity contribution >= 4 is 26.8 Å². The second kappa shape index (κ2) is 7.21. The highest BCUT2D eigenvalue weighted by atomic mass is 32.2. The maximum atomic E-state index is 11.7. The summed E-state index contributed by atoms with van der Waals surface area (Å²) in [5.74, 6) is -0.702. The summed E-state index contributed by atoms with van der Waals surface area (Å²) in [4.78, 5) is 15.9. The maximum absolute atomic E-state index is 11.7. The van der Waals surface area contributed by atoms with Crippen LogP contribution in [0.15, 0.2) is 22.7 Å². The van der Waals surface area contributed by atoms with Gasteiger partial charge in [0.05, 0.1) is 17.5 Å². The number of aromatic nitrogens is 1. The van der Waals surface area contributed by atoms with Crippen LogP contribution in [-0.4, -0.2) is 53.2 Å². The number of pyridine rings is 1. The minimum Gasteiger partial charge on any atom is -0.479 e. The molecule has 0 radical (unpaired) electrons. The molecule has 9 heteroatoms. The van der Waals surface area contributed by atoms with Gasteiger partial charge in [0.2, 0.25) is 0 Å². The Morgan fingerprint density at radius 1 is 1.48 bits per heavy atom. The number of carboxylic acids is 1. The Labute approximate surface area is 157 Å². The summed E-state index contributed by atoms with van der Waals surface area (Å²) in [7, 11) is -3.57. The molecule has 2 aromatic rings. The fourth-order valence-electron chi connectivity index (χ4n) is 3.17. The third-order valence-electron chi connectivity index (χ3n) is 4.98. The van der Waals surface area contributed by atoms with Crippen LogP contribution in [0.3, 0.4) is 0 Å². The first-order valence-corrected chi connectivity index (χ1v) is 10.9. The monoisotopic (exact) mass is 396 g/mol. The normalized spacial score (nSPS) is 18.3. The Bertz CT molecular complexity index is 950. The molecule has 1 fully saturated rings. The summed E-state index contributed by atoms with van der Waals surface area (Å²) < 4.78 is 28.8. The van der Waals surface area contributed by atoms with E-state index < -0.39 is 39.6 Å². The zero-order valence-electron chi connectivity index (χ0n) is 15.1. The van der Waals surface area contributed by atoms with Crippen molar-refractivity contribution in [2.75, 3.05) is 12.0 Å². The van der Waals surface area contributed by atoms with E-state index in [9.17, 15) is 23.4 Å². The number of aliphatic hydroxyl groups is 1. The Hall–Kier alpha value is -1.97.